The maximum atomic E-state index is 12.1. The highest BCUT2D eigenvalue weighted by atomic mass is 16.5. The molecular formula is C13H15N3O3. The van der Waals surface area contributed by atoms with Gasteiger partial charge in [-0.25, -0.2) is 4.79 Å². The van der Waals surface area contributed by atoms with Crippen LogP contribution < -0.4 is 10.1 Å². The van der Waals surface area contributed by atoms with E-state index in [2.05, 4.69) is 5.32 Å². The van der Waals surface area contributed by atoms with Crippen LogP contribution in [-0.4, -0.2) is 44.3 Å². The third kappa shape index (κ3) is 2.95. The largest absolute Gasteiger partial charge is 0.495 e. The first-order chi connectivity index (χ1) is 9.26. The van der Waals surface area contributed by atoms with E-state index in [4.69, 9.17) is 14.7 Å². The molecule has 1 aliphatic heterocycles. The van der Waals surface area contributed by atoms with E-state index in [9.17, 15) is 4.79 Å². The average molecular weight is 261 g/mol. The van der Waals surface area contributed by atoms with Gasteiger partial charge in [0, 0.05) is 13.1 Å². The number of methoxy groups -OCH3 is 1. The van der Waals surface area contributed by atoms with Gasteiger partial charge in [-0.15, -0.1) is 0 Å². The SMILES string of the molecule is COc1cccc(C#N)c1NC(=O)N1CCOCC1. The van der Waals surface area contributed by atoms with E-state index in [0.717, 1.165) is 0 Å². The number of hydrogen-bond donors (Lipinski definition) is 1. The van der Waals surface area contributed by atoms with Gasteiger partial charge < -0.3 is 19.7 Å². The summed E-state index contributed by atoms with van der Waals surface area (Å²) in [5.74, 6) is 0.473. The van der Waals surface area contributed by atoms with Crippen molar-refractivity contribution in [3.05, 3.63) is 23.8 Å². The lowest BCUT2D eigenvalue weighted by atomic mass is 10.2. The number of anilines is 1. The summed E-state index contributed by atoms with van der Waals surface area (Å²) in [5, 5.41) is 11.8. The highest BCUT2D eigenvalue weighted by Gasteiger charge is 2.19. The van der Waals surface area contributed by atoms with E-state index >= 15 is 0 Å². The first-order valence-corrected chi connectivity index (χ1v) is 5.97. The van der Waals surface area contributed by atoms with Crippen molar-refractivity contribution < 1.29 is 14.3 Å². The molecule has 1 aliphatic rings. The van der Waals surface area contributed by atoms with Gasteiger partial charge in [0.25, 0.3) is 0 Å². The monoisotopic (exact) mass is 261 g/mol. The summed E-state index contributed by atoms with van der Waals surface area (Å²) in [5.41, 5.74) is 0.782. The van der Waals surface area contributed by atoms with E-state index < -0.39 is 0 Å². The minimum atomic E-state index is -0.246. The number of rotatable bonds is 2. The van der Waals surface area contributed by atoms with Crippen LogP contribution in [0.25, 0.3) is 0 Å². The molecule has 0 saturated carbocycles. The standard InChI is InChI=1S/C13H15N3O3/c1-18-11-4-2-3-10(9-14)12(11)15-13(17)16-5-7-19-8-6-16/h2-4H,5-8H2,1H3,(H,15,17). The zero-order chi connectivity index (χ0) is 13.7. The summed E-state index contributed by atoms with van der Waals surface area (Å²) >= 11 is 0. The van der Waals surface area contributed by atoms with Crippen molar-refractivity contribution in [2.24, 2.45) is 0 Å². The molecule has 6 heteroatoms. The molecule has 2 rings (SSSR count). The zero-order valence-corrected chi connectivity index (χ0v) is 10.7. The molecule has 1 saturated heterocycles. The van der Waals surface area contributed by atoms with Gasteiger partial charge >= 0.3 is 6.03 Å². The maximum absolute atomic E-state index is 12.1. The van der Waals surface area contributed by atoms with E-state index in [-0.39, 0.29) is 6.03 Å². The number of ether oxygens (including phenoxy) is 2. The van der Waals surface area contributed by atoms with Crippen LogP contribution in [0.3, 0.4) is 0 Å². The summed E-state index contributed by atoms with van der Waals surface area (Å²) in [7, 11) is 1.50. The predicted molar refractivity (Wildman–Crippen MR) is 69.1 cm³/mol. The molecule has 0 aliphatic carbocycles. The van der Waals surface area contributed by atoms with Crippen molar-refractivity contribution >= 4 is 11.7 Å². The van der Waals surface area contributed by atoms with Crippen LogP contribution >= 0.6 is 0 Å². The van der Waals surface area contributed by atoms with Crippen LogP contribution in [0.2, 0.25) is 0 Å². The van der Waals surface area contributed by atoms with Crippen LogP contribution in [0.5, 0.6) is 5.75 Å². The Morgan fingerprint density at radius 3 is 2.84 bits per heavy atom. The van der Waals surface area contributed by atoms with Gasteiger partial charge in [-0.1, -0.05) is 6.07 Å². The minimum absolute atomic E-state index is 0.246. The van der Waals surface area contributed by atoms with Gasteiger partial charge in [-0.05, 0) is 12.1 Å². The third-order valence-electron chi connectivity index (χ3n) is 2.90. The molecule has 1 aromatic rings. The molecule has 19 heavy (non-hydrogen) atoms. The summed E-state index contributed by atoms with van der Waals surface area (Å²) in [6.45, 7) is 2.15. The van der Waals surface area contributed by atoms with Gasteiger partial charge in [-0.3, -0.25) is 0 Å². The number of morpholine rings is 1. The number of carbonyl (C=O) groups excluding carboxylic acids is 1. The molecule has 1 N–H and O–H groups in total. The lowest BCUT2D eigenvalue weighted by Crippen LogP contribution is -2.43. The van der Waals surface area contributed by atoms with Crippen LogP contribution in [-0.2, 0) is 4.74 Å². The fraction of sp³-hybridized carbons (Fsp3) is 0.385. The molecule has 1 aromatic carbocycles. The average Bonchev–Trinajstić information content (AvgIpc) is 2.48. The first kappa shape index (κ1) is 13.2. The Kier molecular flexibility index (Phi) is 4.21. The van der Waals surface area contributed by atoms with Crippen LogP contribution in [0.4, 0.5) is 10.5 Å². The number of amides is 2. The molecular weight excluding hydrogens is 246 g/mol. The van der Waals surface area contributed by atoms with Crippen molar-refractivity contribution in [3.8, 4) is 11.8 Å². The summed E-state index contributed by atoms with van der Waals surface area (Å²) < 4.78 is 10.4. The quantitative estimate of drug-likeness (QED) is 0.874. The maximum Gasteiger partial charge on any atom is 0.322 e. The number of urea groups is 1. The lowest BCUT2D eigenvalue weighted by molar-refractivity contribution is 0.0564. The van der Waals surface area contributed by atoms with Gasteiger partial charge in [0.1, 0.15) is 17.5 Å². The van der Waals surface area contributed by atoms with Gasteiger partial charge in [-0.2, -0.15) is 5.26 Å². The van der Waals surface area contributed by atoms with E-state index in [0.29, 0.717) is 43.3 Å². The molecule has 100 valence electrons. The second-order valence-corrected chi connectivity index (χ2v) is 4.02. The smallest absolute Gasteiger partial charge is 0.322 e. The second-order valence-electron chi connectivity index (χ2n) is 4.02. The van der Waals surface area contributed by atoms with Crippen molar-refractivity contribution in [2.75, 3.05) is 38.7 Å². The summed E-state index contributed by atoms with van der Waals surface area (Å²) in [6.07, 6.45) is 0. The molecule has 0 spiro atoms. The number of nitriles is 1. The first-order valence-electron chi connectivity index (χ1n) is 5.97. The highest BCUT2D eigenvalue weighted by Crippen LogP contribution is 2.28. The normalized spacial score (nSPS) is 14.6. The number of nitrogens with one attached hydrogen (secondary N) is 1. The molecule has 0 bridgehead atoms. The number of hydrogen-bond acceptors (Lipinski definition) is 4. The third-order valence-corrected chi connectivity index (χ3v) is 2.90. The molecule has 0 aromatic heterocycles. The molecule has 6 nitrogen and oxygen atoms in total. The van der Waals surface area contributed by atoms with E-state index in [1.807, 2.05) is 6.07 Å². The second kappa shape index (κ2) is 6.07. The van der Waals surface area contributed by atoms with Gasteiger partial charge in [0.15, 0.2) is 0 Å². The number of benzene rings is 1. The van der Waals surface area contributed by atoms with Crippen molar-refractivity contribution in [1.29, 1.82) is 5.26 Å². The number of nitrogens with zero attached hydrogens (tertiary/aromatic N) is 2. The van der Waals surface area contributed by atoms with Crippen molar-refractivity contribution in [2.45, 2.75) is 0 Å². The van der Waals surface area contributed by atoms with Crippen LogP contribution in [0.15, 0.2) is 18.2 Å². The van der Waals surface area contributed by atoms with Gasteiger partial charge in [0.05, 0.1) is 25.9 Å². The van der Waals surface area contributed by atoms with Crippen LogP contribution in [0.1, 0.15) is 5.56 Å². The zero-order valence-electron chi connectivity index (χ0n) is 10.7. The Balaban J connectivity index is 2.18. The molecule has 0 unspecified atom stereocenters. The fourth-order valence-electron chi connectivity index (χ4n) is 1.88. The molecule has 2 amide bonds. The van der Waals surface area contributed by atoms with E-state index in [1.165, 1.54) is 7.11 Å². The van der Waals surface area contributed by atoms with Crippen LogP contribution in [0, 0.1) is 11.3 Å². The Bertz CT molecular complexity index is 504. The van der Waals surface area contributed by atoms with E-state index in [1.54, 1.807) is 23.1 Å². The Morgan fingerprint density at radius 2 is 2.21 bits per heavy atom. The topological polar surface area (TPSA) is 74.6 Å². The van der Waals surface area contributed by atoms with Crippen molar-refractivity contribution in [1.82, 2.24) is 4.90 Å². The summed E-state index contributed by atoms with van der Waals surface area (Å²) in [6, 6.07) is 6.85. The fourth-order valence-corrected chi connectivity index (χ4v) is 1.88. The number of para-hydroxylation sites is 1. The Hall–Kier alpha value is -2.26. The lowest BCUT2D eigenvalue weighted by Gasteiger charge is -2.27. The molecule has 1 fully saturated rings. The number of carbonyl (C=O) groups is 1. The minimum Gasteiger partial charge on any atom is -0.495 e. The highest BCUT2D eigenvalue weighted by molar-refractivity contribution is 5.92. The molecule has 0 radical (unpaired) electrons. The molecule has 0 atom stereocenters. The predicted octanol–water partition coefficient (Wildman–Crippen LogP) is 1.43. The van der Waals surface area contributed by atoms with Crippen molar-refractivity contribution in [3.63, 3.8) is 0 Å². The summed E-state index contributed by atoms with van der Waals surface area (Å²) in [4.78, 5) is 13.7. The molecule has 1 heterocycles. The Morgan fingerprint density at radius 1 is 1.47 bits per heavy atom. The van der Waals surface area contributed by atoms with Gasteiger partial charge in [0.2, 0.25) is 0 Å². The Labute approximate surface area is 111 Å².